The quantitative estimate of drug-likeness (QED) is 0.751. The lowest BCUT2D eigenvalue weighted by Gasteiger charge is -2.28. The zero-order valence-corrected chi connectivity index (χ0v) is 11.8. The van der Waals surface area contributed by atoms with Crippen molar-refractivity contribution in [2.24, 2.45) is 0 Å². The number of rotatable bonds is 3. The molecular weight excluding hydrogens is 274 g/mol. The molecule has 3 rings (SSSR count). The van der Waals surface area contributed by atoms with E-state index in [0.717, 1.165) is 17.0 Å². The maximum atomic E-state index is 11.3. The molecule has 2 heterocycles. The van der Waals surface area contributed by atoms with Gasteiger partial charge in [0.15, 0.2) is 0 Å². The second kappa shape index (κ2) is 5.30. The van der Waals surface area contributed by atoms with E-state index in [1.807, 2.05) is 30.5 Å². The van der Waals surface area contributed by atoms with Crippen molar-refractivity contribution >= 4 is 17.7 Å². The Morgan fingerprint density at radius 2 is 2.15 bits per heavy atom. The molecule has 0 spiro atoms. The summed E-state index contributed by atoms with van der Waals surface area (Å²) >= 11 is 1.68. The van der Waals surface area contributed by atoms with Gasteiger partial charge in [0.25, 0.3) is 0 Å². The van der Waals surface area contributed by atoms with Crippen LogP contribution in [0, 0.1) is 0 Å². The summed E-state index contributed by atoms with van der Waals surface area (Å²) < 4.78 is 0. The van der Waals surface area contributed by atoms with Crippen molar-refractivity contribution in [2.75, 3.05) is 6.26 Å². The number of aromatic amines is 1. The normalized spacial score (nSPS) is 21.4. The van der Waals surface area contributed by atoms with E-state index in [1.54, 1.807) is 18.1 Å². The van der Waals surface area contributed by atoms with Crippen molar-refractivity contribution in [3.8, 4) is 0 Å². The van der Waals surface area contributed by atoms with Crippen molar-refractivity contribution < 1.29 is 9.90 Å². The van der Waals surface area contributed by atoms with Gasteiger partial charge in [0.05, 0.1) is 18.1 Å². The summed E-state index contributed by atoms with van der Waals surface area (Å²) in [4.78, 5) is 19.8. The molecule has 6 heteroatoms. The molecule has 1 aliphatic heterocycles. The molecule has 1 aromatic heterocycles. The van der Waals surface area contributed by atoms with Gasteiger partial charge in [-0.3, -0.25) is 10.1 Å². The molecule has 3 N–H and O–H groups in total. The molecule has 0 bridgehead atoms. The molecule has 1 aliphatic rings. The Labute approximate surface area is 120 Å². The second-order valence-electron chi connectivity index (χ2n) is 4.73. The number of aliphatic carboxylic acids is 1. The first-order valence-corrected chi connectivity index (χ1v) is 7.56. The summed E-state index contributed by atoms with van der Waals surface area (Å²) in [6, 6.07) is 7.35. The van der Waals surface area contributed by atoms with Gasteiger partial charge in [0, 0.05) is 17.0 Å². The molecule has 2 atom stereocenters. The third-order valence-electron chi connectivity index (χ3n) is 3.55. The summed E-state index contributed by atoms with van der Waals surface area (Å²) in [7, 11) is 0. The van der Waals surface area contributed by atoms with Gasteiger partial charge in [-0.2, -0.15) is 0 Å². The number of benzene rings is 1. The average molecular weight is 289 g/mol. The van der Waals surface area contributed by atoms with Gasteiger partial charge in [-0.05, 0) is 24.0 Å². The molecule has 20 heavy (non-hydrogen) atoms. The van der Waals surface area contributed by atoms with E-state index >= 15 is 0 Å². The summed E-state index contributed by atoms with van der Waals surface area (Å²) in [5, 5.41) is 12.4. The van der Waals surface area contributed by atoms with Gasteiger partial charge in [-0.25, -0.2) is 4.98 Å². The third kappa shape index (κ3) is 2.32. The number of hydrogen-bond donors (Lipinski definition) is 3. The number of imidazole rings is 1. The Balaban J connectivity index is 1.97. The Morgan fingerprint density at radius 1 is 1.40 bits per heavy atom. The largest absolute Gasteiger partial charge is 0.480 e. The van der Waals surface area contributed by atoms with E-state index < -0.39 is 12.0 Å². The molecule has 1 aromatic carbocycles. The minimum Gasteiger partial charge on any atom is -0.480 e. The number of H-pyrrole nitrogens is 1. The maximum Gasteiger partial charge on any atom is 0.321 e. The molecule has 0 aliphatic carbocycles. The smallest absolute Gasteiger partial charge is 0.321 e. The number of nitrogens with zero attached hydrogens (tertiary/aromatic N) is 1. The zero-order chi connectivity index (χ0) is 14.1. The summed E-state index contributed by atoms with van der Waals surface area (Å²) in [5.41, 5.74) is 2.82. The fourth-order valence-corrected chi connectivity index (χ4v) is 2.90. The highest BCUT2D eigenvalue weighted by atomic mass is 32.2. The number of hydrogen-bond acceptors (Lipinski definition) is 4. The maximum absolute atomic E-state index is 11.3. The van der Waals surface area contributed by atoms with Gasteiger partial charge < -0.3 is 10.1 Å². The van der Waals surface area contributed by atoms with Crippen LogP contribution in [0.2, 0.25) is 0 Å². The molecule has 0 fully saturated rings. The fourth-order valence-electron chi connectivity index (χ4n) is 2.50. The van der Waals surface area contributed by atoms with Crippen LogP contribution in [-0.4, -0.2) is 33.3 Å². The monoisotopic (exact) mass is 289 g/mol. The lowest BCUT2D eigenvalue weighted by atomic mass is 9.94. The van der Waals surface area contributed by atoms with Crippen LogP contribution >= 0.6 is 11.8 Å². The van der Waals surface area contributed by atoms with E-state index in [2.05, 4.69) is 15.3 Å². The van der Waals surface area contributed by atoms with Crippen LogP contribution in [0.1, 0.15) is 23.0 Å². The summed E-state index contributed by atoms with van der Waals surface area (Å²) in [6.45, 7) is 0. The number of aromatic nitrogens is 2. The van der Waals surface area contributed by atoms with Gasteiger partial charge in [-0.15, -0.1) is 11.8 Å². The van der Waals surface area contributed by atoms with E-state index in [1.165, 1.54) is 4.90 Å². The highest BCUT2D eigenvalue weighted by Gasteiger charge is 2.32. The SMILES string of the molecule is CSc1ccc([C@@H]2N[C@H](C(=O)O)Cc3[nH]cnc32)cc1. The first kappa shape index (κ1) is 13.2. The number of thioether (sulfide) groups is 1. The van der Waals surface area contributed by atoms with Crippen LogP contribution in [-0.2, 0) is 11.2 Å². The van der Waals surface area contributed by atoms with Gasteiger partial charge in [0.2, 0.25) is 0 Å². The number of fused-ring (bicyclic) bond motifs is 1. The number of carbonyl (C=O) groups is 1. The van der Waals surface area contributed by atoms with Crippen LogP contribution in [0.3, 0.4) is 0 Å². The van der Waals surface area contributed by atoms with Crippen LogP contribution in [0.15, 0.2) is 35.5 Å². The summed E-state index contributed by atoms with van der Waals surface area (Å²) in [5.74, 6) is -0.837. The van der Waals surface area contributed by atoms with Crippen molar-refractivity contribution in [3.63, 3.8) is 0 Å². The molecule has 104 valence electrons. The second-order valence-corrected chi connectivity index (χ2v) is 5.61. The first-order valence-electron chi connectivity index (χ1n) is 6.34. The first-order chi connectivity index (χ1) is 9.69. The Hall–Kier alpha value is -1.79. The van der Waals surface area contributed by atoms with Gasteiger partial charge in [0.1, 0.15) is 6.04 Å². The van der Waals surface area contributed by atoms with Gasteiger partial charge in [-0.1, -0.05) is 12.1 Å². The molecule has 0 saturated carbocycles. The van der Waals surface area contributed by atoms with Crippen LogP contribution in [0.5, 0.6) is 0 Å². The van der Waals surface area contributed by atoms with Gasteiger partial charge >= 0.3 is 5.97 Å². The topological polar surface area (TPSA) is 78.0 Å². The number of carboxylic acid groups (broad SMARTS) is 1. The zero-order valence-electron chi connectivity index (χ0n) is 11.0. The van der Waals surface area contributed by atoms with Crippen molar-refractivity contribution in [2.45, 2.75) is 23.4 Å². The lowest BCUT2D eigenvalue weighted by molar-refractivity contribution is -0.139. The number of nitrogens with one attached hydrogen (secondary N) is 2. The van der Waals surface area contributed by atoms with E-state index in [9.17, 15) is 9.90 Å². The predicted molar refractivity (Wildman–Crippen MR) is 76.9 cm³/mol. The standard InChI is InChI=1S/C14H15N3O2S/c1-20-9-4-2-8(3-5-9)12-13-10(15-7-16-13)6-11(17-12)14(18)19/h2-5,7,11-12,17H,6H2,1H3,(H,15,16)(H,18,19)/t11-,12-/m0/s1. The highest BCUT2D eigenvalue weighted by molar-refractivity contribution is 7.98. The molecule has 2 aromatic rings. The van der Waals surface area contributed by atoms with Crippen LogP contribution in [0.4, 0.5) is 0 Å². The fraction of sp³-hybridized carbons (Fsp3) is 0.286. The molecule has 0 amide bonds. The van der Waals surface area contributed by atoms with Crippen LogP contribution < -0.4 is 5.32 Å². The average Bonchev–Trinajstić information content (AvgIpc) is 2.94. The van der Waals surface area contributed by atoms with Crippen molar-refractivity contribution in [1.29, 1.82) is 0 Å². The predicted octanol–water partition coefficient (Wildman–Crippen LogP) is 1.82. The van der Waals surface area contributed by atoms with E-state index in [0.29, 0.717) is 6.42 Å². The van der Waals surface area contributed by atoms with E-state index in [-0.39, 0.29) is 6.04 Å². The Bertz CT molecular complexity index is 624. The third-order valence-corrected chi connectivity index (χ3v) is 4.29. The molecule has 0 unspecified atom stereocenters. The van der Waals surface area contributed by atoms with Crippen LogP contribution in [0.25, 0.3) is 0 Å². The Kier molecular flexibility index (Phi) is 3.50. The summed E-state index contributed by atoms with van der Waals surface area (Å²) in [6.07, 6.45) is 4.09. The lowest BCUT2D eigenvalue weighted by Crippen LogP contribution is -2.45. The highest BCUT2D eigenvalue weighted by Crippen LogP contribution is 2.29. The Morgan fingerprint density at radius 3 is 2.80 bits per heavy atom. The number of carboxylic acids is 1. The van der Waals surface area contributed by atoms with E-state index in [4.69, 9.17) is 0 Å². The molecule has 0 saturated heterocycles. The molecule has 5 nitrogen and oxygen atoms in total. The van der Waals surface area contributed by atoms with Crippen molar-refractivity contribution in [1.82, 2.24) is 15.3 Å². The molecular formula is C14H15N3O2S. The molecule has 0 radical (unpaired) electrons. The minimum atomic E-state index is -0.837. The van der Waals surface area contributed by atoms with Crippen molar-refractivity contribution in [3.05, 3.63) is 47.5 Å². The minimum absolute atomic E-state index is 0.179.